The molecule has 0 fully saturated rings. The van der Waals surface area contributed by atoms with Gasteiger partial charge in [-0.1, -0.05) is 48.5 Å². The summed E-state index contributed by atoms with van der Waals surface area (Å²) >= 11 is 1.58. The molecule has 0 aliphatic rings. The fourth-order valence-corrected chi connectivity index (χ4v) is 3.29. The molecule has 0 aliphatic heterocycles. The SMILES string of the molecule is O=C(O)C(Cc1ccccc1)Nc1cc2ccccc2s1. The van der Waals surface area contributed by atoms with E-state index in [1.807, 2.05) is 60.7 Å². The average molecular weight is 297 g/mol. The summed E-state index contributed by atoms with van der Waals surface area (Å²) in [4.78, 5) is 11.5. The Labute approximate surface area is 126 Å². The molecule has 0 saturated heterocycles. The lowest BCUT2D eigenvalue weighted by molar-refractivity contribution is -0.137. The third kappa shape index (κ3) is 3.23. The van der Waals surface area contributed by atoms with Crippen molar-refractivity contribution < 1.29 is 9.90 Å². The number of hydrogen-bond acceptors (Lipinski definition) is 3. The van der Waals surface area contributed by atoms with Gasteiger partial charge in [0.25, 0.3) is 0 Å². The summed E-state index contributed by atoms with van der Waals surface area (Å²) in [5.41, 5.74) is 1.01. The molecule has 3 nitrogen and oxygen atoms in total. The second-order valence-corrected chi connectivity index (χ2v) is 5.96. The monoisotopic (exact) mass is 297 g/mol. The molecule has 2 aromatic carbocycles. The summed E-state index contributed by atoms with van der Waals surface area (Å²) in [6, 6.07) is 19.1. The Morgan fingerprint density at radius 3 is 2.52 bits per heavy atom. The third-order valence-electron chi connectivity index (χ3n) is 3.32. The van der Waals surface area contributed by atoms with E-state index < -0.39 is 12.0 Å². The number of thiophene rings is 1. The number of carboxylic acid groups (broad SMARTS) is 1. The molecule has 106 valence electrons. The normalized spacial score (nSPS) is 12.2. The molecular weight excluding hydrogens is 282 g/mol. The Hall–Kier alpha value is -2.33. The van der Waals surface area contributed by atoms with E-state index in [9.17, 15) is 9.90 Å². The molecule has 3 rings (SSSR count). The van der Waals surface area contributed by atoms with E-state index in [1.165, 1.54) is 0 Å². The number of carboxylic acids is 1. The van der Waals surface area contributed by atoms with Crippen molar-refractivity contribution in [2.45, 2.75) is 12.5 Å². The van der Waals surface area contributed by atoms with Crippen molar-refractivity contribution in [2.24, 2.45) is 0 Å². The van der Waals surface area contributed by atoms with Crippen LogP contribution in [0.1, 0.15) is 5.56 Å². The summed E-state index contributed by atoms with van der Waals surface area (Å²) in [6.45, 7) is 0. The number of hydrogen-bond donors (Lipinski definition) is 2. The maximum absolute atomic E-state index is 11.5. The molecule has 0 bridgehead atoms. The van der Waals surface area contributed by atoms with Crippen molar-refractivity contribution in [2.75, 3.05) is 5.32 Å². The molecule has 0 saturated carbocycles. The standard InChI is InChI=1S/C17H15NO2S/c19-17(20)14(10-12-6-2-1-3-7-12)18-16-11-13-8-4-5-9-15(13)21-16/h1-9,11,14,18H,10H2,(H,19,20). The fourth-order valence-electron chi connectivity index (χ4n) is 2.27. The van der Waals surface area contributed by atoms with Gasteiger partial charge in [0.1, 0.15) is 6.04 Å². The van der Waals surface area contributed by atoms with E-state index in [-0.39, 0.29) is 0 Å². The summed E-state index contributed by atoms with van der Waals surface area (Å²) in [5.74, 6) is -0.837. The van der Waals surface area contributed by atoms with Crippen LogP contribution in [0, 0.1) is 0 Å². The highest BCUT2D eigenvalue weighted by Gasteiger charge is 2.18. The zero-order chi connectivity index (χ0) is 14.7. The van der Waals surface area contributed by atoms with Gasteiger partial charge in [-0.2, -0.15) is 0 Å². The Balaban J connectivity index is 1.80. The third-order valence-corrected chi connectivity index (χ3v) is 4.37. The topological polar surface area (TPSA) is 49.3 Å². The maximum atomic E-state index is 11.5. The first-order valence-electron chi connectivity index (χ1n) is 6.74. The van der Waals surface area contributed by atoms with Crippen LogP contribution in [0.3, 0.4) is 0 Å². The lowest BCUT2D eigenvalue weighted by Gasteiger charge is -2.14. The zero-order valence-corrected chi connectivity index (χ0v) is 12.1. The molecule has 0 amide bonds. The van der Waals surface area contributed by atoms with Crippen LogP contribution in [0.2, 0.25) is 0 Å². The van der Waals surface area contributed by atoms with Gasteiger partial charge in [0, 0.05) is 11.1 Å². The molecule has 21 heavy (non-hydrogen) atoms. The van der Waals surface area contributed by atoms with Gasteiger partial charge in [-0.25, -0.2) is 4.79 Å². The minimum Gasteiger partial charge on any atom is -0.480 e. The molecule has 0 aliphatic carbocycles. The van der Waals surface area contributed by atoms with E-state index in [0.29, 0.717) is 6.42 Å². The van der Waals surface area contributed by atoms with Gasteiger partial charge in [0.2, 0.25) is 0 Å². The summed E-state index contributed by atoms with van der Waals surface area (Å²) in [7, 11) is 0. The van der Waals surface area contributed by atoms with E-state index >= 15 is 0 Å². The van der Waals surface area contributed by atoms with E-state index in [1.54, 1.807) is 11.3 Å². The van der Waals surface area contributed by atoms with Gasteiger partial charge in [0.15, 0.2) is 0 Å². The quantitative estimate of drug-likeness (QED) is 0.748. The molecule has 1 unspecified atom stereocenters. The van der Waals surface area contributed by atoms with Crippen molar-refractivity contribution in [3.05, 3.63) is 66.2 Å². The number of rotatable bonds is 5. The van der Waals surface area contributed by atoms with Crippen LogP contribution >= 0.6 is 11.3 Å². The van der Waals surface area contributed by atoms with E-state index in [2.05, 4.69) is 5.32 Å². The Morgan fingerprint density at radius 2 is 1.81 bits per heavy atom. The second kappa shape index (κ2) is 5.97. The van der Waals surface area contributed by atoms with Gasteiger partial charge in [-0.3, -0.25) is 0 Å². The Bertz CT molecular complexity index is 719. The predicted octanol–water partition coefficient (Wildman–Crippen LogP) is 4.01. The number of benzene rings is 2. The summed E-state index contributed by atoms with van der Waals surface area (Å²) in [5, 5.41) is 14.6. The van der Waals surface area contributed by atoms with Crippen LogP contribution in [0.25, 0.3) is 10.1 Å². The summed E-state index contributed by atoms with van der Waals surface area (Å²) in [6.07, 6.45) is 0.463. The molecule has 2 N–H and O–H groups in total. The zero-order valence-electron chi connectivity index (χ0n) is 11.3. The minimum absolute atomic E-state index is 0.463. The van der Waals surface area contributed by atoms with E-state index in [0.717, 1.165) is 20.7 Å². The van der Waals surface area contributed by atoms with Crippen molar-refractivity contribution in [1.82, 2.24) is 0 Å². The molecule has 1 aromatic heterocycles. The molecule has 1 heterocycles. The van der Waals surface area contributed by atoms with E-state index in [4.69, 9.17) is 0 Å². The van der Waals surface area contributed by atoms with Crippen LogP contribution < -0.4 is 5.32 Å². The van der Waals surface area contributed by atoms with Gasteiger partial charge in [0.05, 0.1) is 5.00 Å². The number of fused-ring (bicyclic) bond motifs is 1. The number of carbonyl (C=O) groups is 1. The molecule has 4 heteroatoms. The first kappa shape index (κ1) is 13.6. The van der Waals surface area contributed by atoms with Crippen molar-refractivity contribution >= 4 is 32.4 Å². The smallest absolute Gasteiger partial charge is 0.326 e. The van der Waals surface area contributed by atoms with Crippen LogP contribution in [-0.4, -0.2) is 17.1 Å². The van der Waals surface area contributed by atoms with Crippen LogP contribution in [0.4, 0.5) is 5.00 Å². The van der Waals surface area contributed by atoms with Crippen LogP contribution in [0.15, 0.2) is 60.7 Å². The average Bonchev–Trinajstić information content (AvgIpc) is 2.90. The molecule has 0 radical (unpaired) electrons. The Morgan fingerprint density at radius 1 is 1.10 bits per heavy atom. The molecule has 3 aromatic rings. The van der Waals surface area contributed by atoms with Crippen molar-refractivity contribution in [3.8, 4) is 0 Å². The van der Waals surface area contributed by atoms with Gasteiger partial charge < -0.3 is 10.4 Å². The molecule has 0 spiro atoms. The number of nitrogens with one attached hydrogen (secondary N) is 1. The molecular formula is C17H15NO2S. The van der Waals surface area contributed by atoms with Crippen molar-refractivity contribution in [1.29, 1.82) is 0 Å². The first-order chi connectivity index (χ1) is 10.2. The number of anilines is 1. The van der Waals surface area contributed by atoms with Crippen molar-refractivity contribution in [3.63, 3.8) is 0 Å². The van der Waals surface area contributed by atoms with Crippen LogP contribution in [0.5, 0.6) is 0 Å². The first-order valence-corrected chi connectivity index (χ1v) is 7.56. The van der Waals surface area contributed by atoms with Crippen LogP contribution in [-0.2, 0) is 11.2 Å². The highest BCUT2D eigenvalue weighted by molar-refractivity contribution is 7.22. The fraction of sp³-hybridized carbons (Fsp3) is 0.118. The largest absolute Gasteiger partial charge is 0.480 e. The van der Waals surface area contributed by atoms with Gasteiger partial charge in [-0.15, -0.1) is 11.3 Å². The lowest BCUT2D eigenvalue weighted by Crippen LogP contribution is -2.31. The Kier molecular flexibility index (Phi) is 3.88. The number of aliphatic carboxylic acids is 1. The highest BCUT2D eigenvalue weighted by atomic mass is 32.1. The second-order valence-electron chi connectivity index (χ2n) is 4.87. The highest BCUT2D eigenvalue weighted by Crippen LogP contribution is 2.30. The van der Waals surface area contributed by atoms with Gasteiger partial charge >= 0.3 is 5.97 Å². The lowest BCUT2D eigenvalue weighted by atomic mass is 10.1. The minimum atomic E-state index is -0.837. The predicted molar refractivity (Wildman–Crippen MR) is 87.0 cm³/mol. The van der Waals surface area contributed by atoms with Gasteiger partial charge in [-0.05, 0) is 23.1 Å². The summed E-state index contributed by atoms with van der Waals surface area (Å²) < 4.78 is 1.16. The maximum Gasteiger partial charge on any atom is 0.326 e. The molecule has 1 atom stereocenters.